The van der Waals surface area contributed by atoms with Gasteiger partial charge in [-0.1, -0.05) is 11.3 Å². The minimum atomic E-state index is -0.611. The number of carbonyl (C=O) groups excluding carboxylic acids is 2. The lowest BCUT2D eigenvalue weighted by atomic mass is 10.0. The first-order chi connectivity index (χ1) is 10.0. The lowest BCUT2D eigenvalue weighted by Gasteiger charge is -2.18. The standard InChI is InChI=1S/C12H8ClFN4O2S/c13-12-18-17-11(21-12)10(20)16-8-4-7-5(3-6(8)14)1-2-9(19)15-7/h3-4H,1-2H2,(H,15,19)(H,16,20). The normalized spacial score (nSPS) is 13.5. The molecule has 0 saturated heterocycles. The van der Waals surface area contributed by atoms with Crippen LogP contribution in [-0.4, -0.2) is 22.0 Å². The van der Waals surface area contributed by atoms with Crippen molar-refractivity contribution in [1.29, 1.82) is 0 Å². The second-order valence-corrected chi connectivity index (χ2v) is 5.91. The minimum absolute atomic E-state index is 0.0288. The minimum Gasteiger partial charge on any atom is -0.326 e. The van der Waals surface area contributed by atoms with Gasteiger partial charge in [0.1, 0.15) is 5.82 Å². The van der Waals surface area contributed by atoms with Crippen molar-refractivity contribution in [2.24, 2.45) is 0 Å². The molecule has 1 aromatic heterocycles. The number of rotatable bonds is 2. The van der Waals surface area contributed by atoms with E-state index in [9.17, 15) is 14.0 Å². The molecular formula is C12H8ClFN4O2S. The fraction of sp³-hybridized carbons (Fsp3) is 0.167. The monoisotopic (exact) mass is 326 g/mol. The Hall–Kier alpha value is -2.06. The Labute approximate surface area is 127 Å². The van der Waals surface area contributed by atoms with Gasteiger partial charge in [-0.25, -0.2) is 4.39 Å². The van der Waals surface area contributed by atoms with E-state index in [1.54, 1.807) is 0 Å². The van der Waals surface area contributed by atoms with Gasteiger partial charge in [0.15, 0.2) is 0 Å². The highest BCUT2D eigenvalue weighted by molar-refractivity contribution is 7.17. The SMILES string of the molecule is O=C1CCc2cc(F)c(NC(=O)c3nnc(Cl)s3)cc2N1. The molecule has 0 bridgehead atoms. The molecule has 1 aliphatic heterocycles. The second kappa shape index (κ2) is 5.38. The number of halogens is 2. The molecule has 0 spiro atoms. The van der Waals surface area contributed by atoms with E-state index in [4.69, 9.17) is 11.6 Å². The average Bonchev–Trinajstić information content (AvgIpc) is 2.87. The fourth-order valence-corrected chi connectivity index (χ4v) is 2.69. The number of aromatic nitrogens is 2. The zero-order valence-corrected chi connectivity index (χ0v) is 12.0. The Morgan fingerprint density at radius 3 is 2.90 bits per heavy atom. The zero-order valence-electron chi connectivity index (χ0n) is 10.4. The van der Waals surface area contributed by atoms with Crippen molar-refractivity contribution in [3.63, 3.8) is 0 Å². The van der Waals surface area contributed by atoms with E-state index >= 15 is 0 Å². The molecule has 2 amide bonds. The fourth-order valence-electron chi connectivity index (χ4n) is 1.97. The van der Waals surface area contributed by atoms with Gasteiger partial charge in [-0.05, 0) is 35.7 Å². The molecule has 6 nitrogen and oxygen atoms in total. The van der Waals surface area contributed by atoms with Crippen molar-refractivity contribution < 1.29 is 14.0 Å². The lowest BCUT2D eigenvalue weighted by molar-refractivity contribution is -0.116. The van der Waals surface area contributed by atoms with Crippen LogP contribution in [0.2, 0.25) is 4.47 Å². The van der Waals surface area contributed by atoms with Crippen LogP contribution in [0.5, 0.6) is 0 Å². The molecule has 2 heterocycles. The summed E-state index contributed by atoms with van der Waals surface area (Å²) in [6.45, 7) is 0. The quantitative estimate of drug-likeness (QED) is 0.888. The predicted molar refractivity (Wildman–Crippen MR) is 76.2 cm³/mol. The molecular weight excluding hydrogens is 319 g/mol. The molecule has 0 saturated carbocycles. The zero-order chi connectivity index (χ0) is 15.0. The summed E-state index contributed by atoms with van der Waals surface area (Å²) < 4.78 is 14.1. The third-order valence-electron chi connectivity index (χ3n) is 2.93. The summed E-state index contributed by atoms with van der Waals surface area (Å²) in [4.78, 5) is 23.2. The van der Waals surface area contributed by atoms with E-state index < -0.39 is 11.7 Å². The topological polar surface area (TPSA) is 84.0 Å². The van der Waals surface area contributed by atoms with Crippen LogP contribution in [0, 0.1) is 5.82 Å². The van der Waals surface area contributed by atoms with Gasteiger partial charge in [-0.2, -0.15) is 0 Å². The van der Waals surface area contributed by atoms with E-state index in [0.717, 1.165) is 11.3 Å². The molecule has 21 heavy (non-hydrogen) atoms. The van der Waals surface area contributed by atoms with E-state index in [1.165, 1.54) is 12.1 Å². The molecule has 2 aromatic rings. The van der Waals surface area contributed by atoms with Gasteiger partial charge < -0.3 is 10.6 Å². The van der Waals surface area contributed by atoms with Gasteiger partial charge in [0.25, 0.3) is 5.91 Å². The summed E-state index contributed by atoms with van der Waals surface area (Å²) in [6, 6.07) is 2.69. The maximum absolute atomic E-state index is 14.0. The summed E-state index contributed by atoms with van der Waals surface area (Å²) in [6.07, 6.45) is 0.791. The van der Waals surface area contributed by atoms with E-state index in [0.29, 0.717) is 24.1 Å². The van der Waals surface area contributed by atoms with E-state index in [-0.39, 0.29) is 21.1 Å². The van der Waals surface area contributed by atoms with Crippen molar-refractivity contribution >= 4 is 46.1 Å². The number of carbonyl (C=O) groups is 2. The molecule has 2 N–H and O–H groups in total. The number of hydrogen-bond acceptors (Lipinski definition) is 5. The molecule has 0 unspecified atom stereocenters. The van der Waals surface area contributed by atoms with Crippen LogP contribution in [0.15, 0.2) is 12.1 Å². The maximum atomic E-state index is 14.0. The van der Waals surface area contributed by atoms with Crippen molar-refractivity contribution in [3.05, 3.63) is 33.0 Å². The van der Waals surface area contributed by atoms with Gasteiger partial charge in [-0.15, -0.1) is 10.2 Å². The number of amides is 2. The van der Waals surface area contributed by atoms with Crippen LogP contribution in [0.1, 0.15) is 21.8 Å². The molecule has 0 atom stereocenters. The van der Waals surface area contributed by atoms with Crippen molar-refractivity contribution in [1.82, 2.24) is 10.2 Å². The van der Waals surface area contributed by atoms with Crippen molar-refractivity contribution in [2.45, 2.75) is 12.8 Å². The van der Waals surface area contributed by atoms with Crippen LogP contribution >= 0.6 is 22.9 Å². The Bertz CT molecular complexity index is 749. The molecule has 1 aliphatic rings. The number of aryl methyl sites for hydroxylation is 1. The first kappa shape index (κ1) is 13.9. The largest absolute Gasteiger partial charge is 0.326 e. The smallest absolute Gasteiger partial charge is 0.286 e. The molecule has 0 radical (unpaired) electrons. The number of hydrogen-bond donors (Lipinski definition) is 2. The van der Waals surface area contributed by atoms with Gasteiger partial charge in [0, 0.05) is 12.1 Å². The van der Waals surface area contributed by atoms with Gasteiger partial charge in [0.05, 0.1) is 5.69 Å². The van der Waals surface area contributed by atoms with Crippen LogP contribution in [0.4, 0.5) is 15.8 Å². The first-order valence-electron chi connectivity index (χ1n) is 5.95. The average molecular weight is 327 g/mol. The Morgan fingerprint density at radius 2 is 2.19 bits per heavy atom. The third-order valence-corrected chi connectivity index (χ3v) is 3.95. The summed E-state index contributed by atoms with van der Waals surface area (Å²) in [5, 5.41) is 12.1. The molecule has 0 aliphatic carbocycles. The number of anilines is 2. The highest BCUT2D eigenvalue weighted by atomic mass is 35.5. The lowest BCUT2D eigenvalue weighted by Crippen LogP contribution is -2.20. The number of nitrogens with zero attached hydrogens (tertiary/aromatic N) is 2. The molecule has 1 aromatic carbocycles. The second-order valence-electron chi connectivity index (χ2n) is 4.35. The molecule has 3 rings (SSSR count). The Kier molecular flexibility index (Phi) is 3.56. The predicted octanol–water partition coefficient (Wildman–Crippen LogP) is 2.47. The summed E-state index contributed by atoms with van der Waals surface area (Å²) in [7, 11) is 0. The van der Waals surface area contributed by atoms with Crippen molar-refractivity contribution in [3.8, 4) is 0 Å². The van der Waals surface area contributed by atoms with Crippen LogP contribution in [0.3, 0.4) is 0 Å². The van der Waals surface area contributed by atoms with Gasteiger partial charge in [0.2, 0.25) is 15.4 Å². The summed E-state index contributed by atoms with van der Waals surface area (Å²) in [5.74, 6) is -1.32. The number of benzene rings is 1. The molecule has 0 fully saturated rings. The third kappa shape index (κ3) is 2.86. The van der Waals surface area contributed by atoms with Crippen LogP contribution in [0.25, 0.3) is 0 Å². The van der Waals surface area contributed by atoms with Gasteiger partial charge in [-0.3, -0.25) is 9.59 Å². The highest BCUT2D eigenvalue weighted by Gasteiger charge is 2.20. The Morgan fingerprint density at radius 1 is 1.38 bits per heavy atom. The van der Waals surface area contributed by atoms with Crippen molar-refractivity contribution in [2.75, 3.05) is 10.6 Å². The maximum Gasteiger partial charge on any atom is 0.286 e. The Balaban J connectivity index is 1.87. The number of fused-ring (bicyclic) bond motifs is 1. The molecule has 9 heteroatoms. The van der Waals surface area contributed by atoms with E-state index in [1.807, 2.05) is 0 Å². The summed E-state index contributed by atoms with van der Waals surface area (Å²) >= 11 is 6.48. The highest BCUT2D eigenvalue weighted by Crippen LogP contribution is 2.29. The molecule has 108 valence electrons. The van der Waals surface area contributed by atoms with Gasteiger partial charge >= 0.3 is 0 Å². The summed E-state index contributed by atoms with van der Waals surface area (Å²) in [5.41, 5.74) is 1.16. The van der Waals surface area contributed by atoms with E-state index in [2.05, 4.69) is 20.8 Å². The number of nitrogens with one attached hydrogen (secondary N) is 2. The van der Waals surface area contributed by atoms with Crippen LogP contribution in [-0.2, 0) is 11.2 Å². The first-order valence-corrected chi connectivity index (χ1v) is 7.15. The van der Waals surface area contributed by atoms with Crippen LogP contribution < -0.4 is 10.6 Å².